The van der Waals surface area contributed by atoms with Gasteiger partial charge in [0, 0.05) is 28.7 Å². The first-order valence-corrected chi connectivity index (χ1v) is 14.5. The standard InChI is InChI=1S/C23H25N.C15H14O3.ClH/c1-19(20-11-5-2-6-12-20)24-18-17-23(21-13-7-3-8-14-21)22-15-9-4-10-16-22;1-9(2)7-8-12-13(16)10-5-3-4-6-11(10)14(17)15(12)18;/h2-16,19,23-24H,17-18H2,1H3;3-7,16H,8H2,1-2H3;1H. The molecule has 4 aromatic carbocycles. The summed E-state index contributed by atoms with van der Waals surface area (Å²) in [6.45, 7) is 7.03. The van der Waals surface area contributed by atoms with Crippen LogP contribution in [0.3, 0.4) is 0 Å². The van der Waals surface area contributed by atoms with E-state index in [1.807, 2.05) is 19.9 Å². The minimum atomic E-state index is -0.608. The van der Waals surface area contributed by atoms with Crippen molar-refractivity contribution in [2.75, 3.05) is 6.54 Å². The van der Waals surface area contributed by atoms with Crippen LogP contribution in [0.1, 0.15) is 78.2 Å². The molecule has 0 radical (unpaired) electrons. The fourth-order valence-corrected chi connectivity index (χ4v) is 5.11. The Bertz CT molecular complexity index is 1500. The SMILES string of the molecule is CC(C)=CCC1=C(O)c2ccccc2C(=O)C1=O.CC(NCCC(c1ccccc1)c1ccccc1)c1ccccc1.Cl. The minimum Gasteiger partial charge on any atom is -0.507 e. The summed E-state index contributed by atoms with van der Waals surface area (Å²) in [5.41, 5.74) is 6.05. The first kappa shape index (κ1) is 33.3. The van der Waals surface area contributed by atoms with E-state index in [4.69, 9.17) is 0 Å². The molecule has 0 fully saturated rings. The Balaban J connectivity index is 0.000000239. The van der Waals surface area contributed by atoms with Crippen molar-refractivity contribution in [1.82, 2.24) is 5.32 Å². The van der Waals surface area contributed by atoms with E-state index < -0.39 is 11.6 Å². The number of carbonyl (C=O) groups excluding carboxylic acids is 2. The molecule has 0 heterocycles. The number of ketones is 2. The summed E-state index contributed by atoms with van der Waals surface area (Å²) in [6.07, 6.45) is 3.20. The quantitative estimate of drug-likeness (QED) is 0.150. The highest BCUT2D eigenvalue weighted by atomic mass is 35.5. The highest BCUT2D eigenvalue weighted by Crippen LogP contribution is 2.30. The number of rotatable bonds is 9. The average molecular weight is 594 g/mol. The van der Waals surface area contributed by atoms with Crippen molar-refractivity contribution in [1.29, 1.82) is 0 Å². The number of aliphatic hydroxyl groups is 1. The molecule has 43 heavy (non-hydrogen) atoms. The van der Waals surface area contributed by atoms with Crippen LogP contribution in [0.4, 0.5) is 0 Å². The summed E-state index contributed by atoms with van der Waals surface area (Å²) < 4.78 is 0. The molecule has 1 unspecified atom stereocenters. The molecule has 5 heteroatoms. The van der Waals surface area contributed by atoms with E-state index in [1.54, 1.807) is 24.3 Å². The number of fused-ring (bicyclic) bond motifs is 1. The molecule has 0 aromatic heterocycles. The number of nitrogens with one attached hydrogen (secondary N) is 1. The van der Waals surface area contributed by atoms with Crippen LogP contribution in [0.2, 0.25) is 0 Å². The number of aliphatic hydroxyl groups excluding tert-OH is 1. The zero-order chi connectivity index (χ0) is 29.9. The summed E-state index contributed by atoms with van der Waals surface area (Å²) in [4.78, 5) is 23.8. The van der Waals surface area contributed by atoms with Crippen LogP contribution in [-0.2, 0) is 4.79 Å². The number of Topliss-reactive ketones (excluding diaryl/α,β-unsaturated/α-hetero) is 2. The maximum Gasteiger partial charge on any atom is 0.234 e. The predicted molar refractivity (Wildman–Crippen MR) is 179 cm³/mol. The van der Waals surface area contributed by atoms with Crippen LogP contribution in [0.15, 0.2) is 132 Å². The fraction of sp³-hybridized carbons (Fsp3) is 0.211. The largest absolute Gasteiger partial charge is 0.507 e. The van der Waals surface area contributed by atoms with Gasteiger partial charge in [0.15, 0.2) is 0 Å². The molecular weight excluding hydrogens is 554 g/mol. The first-order chi connectivity index (χ1) is 20.4. The molecule has 0 amide bonds. The molecule has 222 valence electrons. The monoisotopic (exact) mass is 593 g/mol. The average Bonchev–Trinajstić information content (AvgIpc) is 3.03. The van der Waals surface area contributed by atoms with E-state index in [2.05, 4.69) is 103 Å². The van der Waals surface area contributed by atoms with E-state index in [0.29, 0.717) is 17.5 Å². The van der Waals surface area contributed by atoms with Crippen molar-refractivity contribution in [2.24, 2.45) is 0 Å². The molecule has 0 saturated carbocycles. The first-order valence-electron chi connectivity index (χ1n) is 14.5. The van der Waals surface area contributed by atoms with Gasteiger partial charge < -0.3 is 10.4 Å². The lowest BCUT2D eigenvalue weighted by atomic mass is 9.87. The van der Waals surface area contributed by atoms with Crippen LogP contribution < -0.4 is 5.32 Å². The molecule has 0 aliphatic heterocycles. The van der Waals surface area contributed by atoms with Gasteiger partial charge in [0.25, 0.3) is 0 Å². The summed E-state index contributed by atoms with van der Waals surface area (Å²) in [7, 11) is 0. The van der Waals surface area contributed by atoms with Gasteiger partial charge in [-0.05, 0) is 56.8 Å². The Kier molecular flexibility index (Phi) is 12.7. The lowest BCUT2D eigenvalue weighted by Crippen LogP contribution is -2.23. The summed E-state index contributed by atoms with van der Waals surface area (Å²) in [5, 5.41) is 13.8. The zero-order valence-corrected chi connectivity index (χ0v) is 25.8. The van der Waals surface area contributed by atoms with Crippen LogP contribution in [0, 0.1) is 0 Å². The van der Waals surface area contributed by atoms with Crippen molar-refractivity contribution in [3.8, 4) is 0 Å². The summed E-state index contributed by atoms with van der Waals surface area (Å²) in [5.74, 6) is -0.792. The van der Waals surface area contributed by atoms with E-state index >= 15 is 0 Å². The second kappa shape index (κ2) is 16.4. The van der Waals surface area contributed by atoms with Gasteiger partial charge in [-0.15, -0.1) is 12.4 Å². The number of carbonyl (C=O) groups is 2. The number of halogens is 1. The number of allylic oxidation sites excluding steroid dienone is 3. The van der Waals surface area contributed by atoms with Gasteiger partial charge in [-0.25, -0.2) is 0 Å². The van der Waals surface area contributed by atoms with Gasteiger partial charge in [-0.1, -0.05) is 127 Å². The third-order valence-electron chi connectivity index (χ3n) is 7.49. The molecule has 1 aliphatic rings. The molecule has 0 bridgehead atoms. The third kappa shape index (κ3) is 8.87. The number of benzene rings is 4. The predicted octanol–water partition coefficient (Wildman–Crippen LogP) is 9.06. The Morgan fingerprint density at radius 3 is 1.67 bits per heavy atom. The Morgan fingerprint density at radius 1 is 0.698 bits per heavy atom. The molecule has 1 atom stereocenters. The molecule has 4 aromatic rings. The molecular formula is C38H40ClNO3. The lowest BCUT2D eigenvalue weighted by Gasteiger charge is -2.20. The van der Waals surface area contributed by atoms with Gasteiger partial charge >= 0.3 is 0 Å². The fourth-order valence-electron chi connectivity index (χ4n) is 5.11. The number of hydrogen-bond donors (Lipinski definition) is 2. The van der Waals surface area contributed by atoms with Gasteiger partial charge in [0.2, 0.25) is 11.6 Å². The van der Waals surface area contributed by atoms with Gasteiger partial charge in [0.05, 0.1) is 0 Å². The van der Waals surface area contributed by atoms with E-state index in [1.165, 1.54) is 16.7 Å². The van der Waals surface area contributed by atoms with E-state index in [0.717, 1.165) is 18.5 Å². The van der Waals surface area contributed by atoms with Gasteiger partial charge in [0.1, 0.15) is 5.76 Å². The molecule has 2 N–H and O–H groups in total. The van der Waals surface area contributed by atoms with Gasteiger partial charge in [-0.2, -0.15) is 0 Å². The summed E-state index contributed by atoms with van der Waals surface area (Å²) in [6, 6.07) is 39.3. The molecule has 4 nitrogen and oxygen atoms in total. The van der Waals surface area contributed by atoms with Crippen LogP contribution >= 0.6 is 12.4 Å². The molecule has 1 aliphatic carbocycles. The highest BCUT2D eigenvalue weighted by molar-refractivity contribution is 6.52. The maximum atomic E-state index is 11.9. The maximum absolute atomic E-state index is 11.9. The van der Waals surface area contributed by atoms with Crippen molar-refractivity contribution in [3.05, 3.63) is 160 Å². The Hall–Kier alpha value is -4.25. The lowest BCUT2D eigenvalue weighted by molar-refractivity contribution is -0.112. The Labute approximate surface area is 261 Å². The third-order valence-corrected chi connectivity index (χ3v) is 7.49. The van der Waals surface area contributed by atoms with E-state index in [-0.39, 0.29) is 35.7 Å². The summed E-state index contributed by atoms with van der Waals surface area (Å²) >= 11 is 0. The second-order valence-electron chi connectivity index (χ2n) is 10.8. The topological polar surface area (TPSA) is 66.4 Å². The Morgan fingerprint density at radius 2 is 1.16 bits per heavy atom. The van der Waals surface area contributed by atoms with Gasteiger partial charge in [-0.3, -0.25) is 9.59 Å². The molecule has 5 rings (SSSR count). The van der Waals surface area contributed by atoms with Crippen molar-refractivity contribution in [3.63, 3.8) is 0 Å². The van der Waals surface area contributed by atoms with Crippen LogP contribution in [0.25, 0.3) is 5.76 Å². The smallest absolute Gasteiger partial charge is 0.234 e. The van der Waals surface area contributed by atoms with Crippen molar-refractivity contribution in [2.45, 2.75) is 45.6 Å². The second-order valence-corrected chi connectivity index (χ2v) is 10.8. The van der Waals surface area contributed by atoms with Crippen molar-refractivity contribution < 1.29 is 14.7 Å². The highest BCUT2D eigenvalue weighted by Gasteiger charge is 2.31. The zero-order valence-electron chi connectivity index (χ0n) is 25.0. The van der Waals surface area contributed by atoms with E-state index in [9.17, 15) is 14.7 Å². The van der Waals surface area contributed by atoms with Crippen LogP contribution in [0.5, 0.6) is 0 Å². The minimum absolute atomic E-state index is 0. The normalized spacial score (nSPS) is 12.9. The van der Waals surface area contributed by atoms with Crippen molar-refractivity contribution >= 4 is 29.7 Å². The van der Waals surface area contributed by atoms with Crippen LogP contribution in [-0.4, -0.2) is 23.2 Å². The molecule has 0 saturated heterocycles. The molecule has 0 spiro atoms. The number of hydrogen-bond acceptors (Lipinski definition) is 4.